The molecular formula is C18H28O2. The second-order valence-electron chi connectivity index (χ2n) is 4.64. The molecule has 0 aliphatic rings. The van der Waals surface area contributed by atoms with Crippen LogP contribution in [0.15, 0.2) is 48.6 Å². The van der Waals surface area contributed by atoms with E-state index in [-0.39, 0.29) is 6.42 Å². The molecule has 0 rings (SSSR count). The summed E-state index contributed by atoms with van der Waals surface area (Å²) in [6, 6.07) is 0. The summed E-state index contributed by atoms with van der Waals surface area (Å²) in [7, 11) is 0. The number of hydrogen-bond donors (Lipinski definition) is 1. The van der Waals surface area contributed by atoms with Crippen LogP contribution in [-0.4, -0.2) is 11.1 Å². The number of carboxylic acid groups (broad SMARTS) is 1. The molecule has 0 atom stereocenters. The Bertz CT molecular complexity index is 335. The van der Waals surface area contributed by atoms with E-state index in [1.807, 2.05) is 0 Å². The summed E-state index contributed by atoms with van der Waals surface area (Å²) in [5.41, 5.74) is 0. The lowest BCUT2D eigenvalue weighted by atomic mass is 10.2. The second-order valence-corrected chi connectivity index (χ2v) is 4.64. The molecule has 1 N–H and O–H groups in total. The number of rotatable bonds is 12. The molecule has 0 aliphatic carbocycles. The molecule has 0 aromatic carbocycles. The van der Waals surface area contributed by atoms with Crippen molar-refractivity contribution in [3.05, 3.63) is 48.6 Å². The van der Waals surface area contributed by atoms with Crippen LogP contribution >= 0.6 is 0 Å². The van der Waals surface area contributed by atoms with Gasteiger partial charge in [0.2, 0.25) is 0 Å². The van der Waals surface area contributed by atoms with Crippen molar-refractivity contribution in [2.24, 2.45) is 0 Å². The summed E-state index contributed by atoms with van der Waals surface area (Å²) in [5.74, 6) is -0.699. The number of unbranched alkanes of at least 4 members (excludes halogenated alkanes) is 2. The van der Waals surface area contributed by atoms with Crippen LogP contribution < -0.4 is 0 Å². The van der Waals surface area contributed by atoms with Crippen molar-refractivity contribution in [3.8, 4) is 0 Å². The van der Waals surface area contributed by atoms with Crippen molar-refractivity contribution in [1.82, 2.24) is 0 Å². The molecule has 0 aromatic rings. The normalized spacial score (nSPS) is 12.4. The molecular weight excluding hydrogens is 248 g/mol. The fraction of sp³-hybridized carbons (Fsp3) is 0.500. The van der Waals surface area contributed by atoms with Gasteiger partial charge in [-0.15, -0.1) is 0 Å². The molecule has 0 aromatic heterocycles. The van der Waals surface area contributed by atoms with Crippen molar-refractivity contribution in [1.29, 1.82) is 0 Å². The maximum absolute atomic E-state index is 10.3. The van der Waals surface area contributed by atoms with Gasteiger partial charge < -0.3 is 5.11 Å². The SMILES string of the molecule is CC/C=C/C/C=C/C/C=C\C/C=C\CCCCC(=O)O. The summed E-state index contributed by atoms with van der Waals surface area (Å²) in [6.07, 6.45) is 24.4. The molecule has 0 saturated heterocycles. The minimum Gasteiger partial charge on any atom is -0.481 e. The maximum Gasteiger partial charge on any atom is 0.303 e. The van der Waals surface area contributed by atoms with Gasteiger partial charge in [-0.05, 0) is 44.9 Å². The third-order valence-corrected chi connectivity index (χ3v) is 2.73. The number of allylic oxidation sites excluding steroid dienone is 8. The Morgan fingerprint density at radius 3 is 1.80 bits per heavy atom. The van der Waals surface area contributed by atoms with Crippen molar-refractivity contribution in [3.63, 3.8) is 0 Å². The zero-order chi connectivity index (χ0) is 14.9. The Hall–Kier alpha value is -1.57. The molecule has 0 heterocycles. The smallest absolute Gasteiger partial charge is 0.303 e. The van der Waals surface area contributed by atoms with Gasteiger partial charge in [-0.25, -0.2) is 0 Å². The molecule has 0 spiro atoms. The lowest BCUT2D eigenvalue weighted by Gasteiger charge is -1.92. The van der Waals surface area contributed by atoms with Gasteiger partial charge in [0.1, 0.15) is 0 Å². The summed E-state index contributed by atoms with van der Waals surface area (Å²) in [6.45, 7) is 2.14. The second kappa shape index (κ2) is 15.5. The summed E-state index contributed by atoms with van der Waals surface area (Å²) >= 11 is 0. The summed E-state index contributed by atoms with van der Waals surface area (Å²) in [4.78, 5) is 10.3. The number of carbonyl (C=O) groups is 1. The number of carboxylic acids is 1. The van der Waals surface area contributed by atoms with Crippen LogP contribution in [0.1, 0.15) is 58.3 Å². The Kier molecular flexibility index (Phi) is 14.3. The fourth-order valence-corrected chi connectivity index (χ4v) is 1.64. The maximum atomic E-state index is 10.3. The van der Waals surface area contributed by atoms with Gasteiger partial charge in [0.15, 0.2) is 0 Å². The van der Waals surface area contributed by atoms with Gasteiger partial charge in [-0.2, -0.15) is 0 Å². The highest BCUT2D eigenvalue weighted by Gasteiger charge is 1.93. The Morgan fingerprint density at radius 1 is 0.800 bits per heavy atom. The van der Waals surface area contributed by atoms with E-state index in [9.17, 15) is 4.79 Å². The Labute approximate surface area is 123 Å². The molecule has 0 bridgehead atoms. The number of aliphatic carboxylic acids is 1. The molecule has 2 heteroatoms. The van der Waals surface area contributed by atoms with Crippen molar-refractivity contribution >= 4 is 5.97 Å². The lowest BCUT2D eigenvalue weighted by Crippen LogP contribution is -1.92. The van der Waals surface area contributed by atoms with E-state index in [2.05, 4.69) is 55.5 Å². The summed E-state index contributed by atoms with van der Waals surface area (Å²) < 4.78 is 0. The van der Waals surface area contributed by atoms with Crippen molar-refractivity contribution in [2.45, 2.75) is 58.3 Å². The van der Waals surface area contributed by atoms with Gasteiger partial charge >= 0.3 is 5.97 Å². The Morgan fingerprint density at radius 2 is 1.30 bits per heavy atom. The predicted octanol–water partition coefficient (Wildman–Crippen LogP) is 5.44. The molecule has 0 amide bonds. The van der Waals surface area contributed by atoms with E-state index >= 15 is 0 Å². The minimum absolute atomic E-state index is 0.285. The van der Waals surface area contributed by atoms with E-state index in [0.717, 1.165) is 44.9 Å². The van der Waals surface area contributed by atoms with Gasteiger partial charge in [-0.3, -0.25) is 4.79 Å². The largest absolute Gasteiger partial charge is 0.481 e. The van der Waals surface area contributed by atoms with Crippen LogP contribution in [0.25, 0.3) is 0 Å². The molecule has 0 fully saturated rings. The first-order valence-corrected chi connectivity index (χ1v) is 7.59. The summed E-state index contributed by atoms with van der Waals surface area (Å²) in [5, 5.41) is 8.48. The zero-order valence-corrected chi connectivity index (χ0v) is 12.6. The minimum atomic E-state index is -0.699. The monoisotopic (exact) mass is 276 g/mol. The quantitative estimate of drug-likeness (QED) is 0.381. The first-order chi connectivity index (χ1) is 9.77. The highest BCUT2D eigenvalue weighted by Crippen LogP contribution is 2.01. The van der Waals surface area contributed by atoms with Gasteiger partial charge in [-0.1, -0.05) is 55.5 Å². The van der Waals surface area contributed by atoms with Gasteiger partial charge in [0.05, 0.1) is 0 Å². The van der Waals surface area contributed by atoms with Crippen LogP contribution in [0, 0.1) is 0 Å². The standard InChI is InChI=1S/C18H28O2/c1-2-3-4-5-6-7-8-9-10-11-12-13-14-15-16-17-18(19)20/h3-4,6-7,9-10,12-13H,2,5,8,11,14-17H2,1H3,(H,19,20)/b4-3+,7-6+,10-9-,13-12-. The Balaban J connectivity index is 3.38. The van der Waals surface area contributed by atoms with E-state index < -0.39 is 5.97 Å². The topological polar surface area (TPSA) is 37.3 Å². The molecule has 0 radical (unpaired) electrons. The van der Waals surface area contributed by atoms with E-state index in [1.54, 1.807) is 0 Å². The molecule has 112 valence electrons. The van der Waals surface area contributed by atoms with Crippen LogP contribution in [0.5, 0.6) is 0 Å². The zero-order valence-electron chi connectivity index (χ0n) is 12.6. The van der Waals surface area contributed by atoms with Crippen LogP contribution in [0.4, 0.5) is 0 Å². The van der Waals surface area contributed by atoms with E-state index in [1.165, 1.54) is 0 Å². The van der Waals surface area contributed by atoms with Crippen LogP contribution in [-0.2, 0) is 4.79 Å². The van der Waals surface area contributed by atoms with Crippen LogP contribution in [0.2, 0.25) is 0 Å². The van der Waals surface area contributed by atoms with Crippen molar-refractivity contribution < 1.29 is 9.90 Å². The third-order valence-electron chi connectivity index (χ3n) is 2.73. The van der Waals surface area contributed by atoms with E-state index in [0.29, 0.717) is 0 Å². The predicted molar refractivity (Wildman–Crippen MR) is 86.8 cm³/mol. The molecule has 2 nitrogen and oxygen atoms in total. The average molecular weight is 276 g/mol. The average Bonchev–Trinajstić information content (AvgIpc) is 2.43. The lowest BCUT2D eigenvalue weighted by molar-refractivity contribution is -0.137. The highest BCUT2D eigenvalue weighted by atomic mass is 16.4. The molecule has 0 unspecified atom stereocenters. The van der Waals surface area contributed by atoms with Gasteiger partial charge in [0, 0.05) is 6.42 Å². The van der Waals surface area contributed by atoms with Crippen molar-refractivity contribution in [2.75, 3.05) is 0 Å². The van der Waals surface area contributed by atoms with Gasteiger partial charge in [0.25, 0.3) is 0 Å². The molecule has 20 heavy (non-hydrogen) atoms. The molecule has 0 aliphatic heterocycles. The third kappa shape index (κ3) is 16.4. The number of hydrogen-bond acceptors (Lipinski definition) is 1. The van der Waals surface area contributed by atoms with E-state index in [4.69, 9.17) is 5.11 Å². The molecule has 0 saturated carbocycles. The highest BCUT2D eigenvalue weighted by molar-refractivity contribution is 5.66. The first-order valence-electron chi connectivity index (χ1n) is 7.59. The van der Waals surface area contributed by atoms with Crippen LogP contribution in [0.3, 0.4) is 0 Å². The first kappa shape index (κ1) is 18.4. The fourth-order valence-electron chi connectivity index (χ4n) is 1.64.